The molecule has 0 unspecified atom stereocenters. The van der Waals surface area contributed by atoms with Crippen LogP contribution in [0.4, 0.5) is 0 Å². The summed E-state index contributed by atoms with van der Waals surface area (Å²) in [5.74, 6) is 0. The van der Waals surface area contributed by atoms with E-state index in [0.29, 0.717) is 11.5 Å². The minimum atomic E-state index is 0.262. The van der Waals surface area contributed by atoms with Crippen LogP contribution < -0.4 is 0 Å². The van der Waals surface area contributed by atoms with E-state index in [-0.39, 0.29) is 5.41 Å². The highest BCUT2D eigenvalue weighted by Gasteiger charge is 2.31. The Bertz CT molecular complexity index is 279. The summed E-state index contributed by atoms with van der Waals surface area (Å²) in [5, 5.41) is 0. The lowest BCUT2D eigenvalue weighted by Gasteiger charge is -2.42. The molecule has 0 atom stereocenters. The molecule has 20 heavy (non-hydrogen) atoms. The Morgan fingerprint density at radius 1 is 0.950 bits per heavy atom. The zero-order chi connectivity index (χ0) is 15.4. The Labute approximate surface area is 126 Å². The fourth-order valence-corrected chi connectivity index (χ4v) is 3.84. The van der Waals surface area contributed by atoms with E-state index in [0.717, 1.165) is 6.61 Å². The Balaban J connectivity index is 2.43. The first-order valence-electron chi connectivity index (χ1n) is 8.11. The molecular weight excluding hydrogens is 248 g/mol. The first-order chi connectivity index (χ1) is 9.15. The van der Waals surface area contributed by atoms with Gasteiger partial charge in [0.05, 0.1) is 6.61 Å². The van der Waals surface area contributed by atoms with Gasteiger partial charge < -0.3 is 9.64 Å². The summed E-state index contributed by atoms with van der Waals surface area (Å²) in [5.41, 5.74) is 0.611. The van der Waals surface area contributed by atoms with Gasteiger partial charge in [0.1, 0.15) is 0 Å². The van der Waals surface area contributed by atoms with Crippen LogP contribution in [0.2, 0.25) is 0 Å². The number of hydrogen-bond acceptors (Lipinski definition) is 3. The smallest absolute Gasteiger partial charge is 0.0513 e. The average Bonchev–Trinajstić information content (AvgIpc) is 2.26. The maximum atomic E-state index is 5.36. The van der Waals surface area contributed by atoms with Crippen molar-refractivity contribution in [1.29, 1.82) is 0 Å². The van der Waals surface area contributed by atoms with Gasteiger partial charge in [0.25, 0.3) is 0 Å². The lowest BCUT2D eigenvalue weighted by molar-refractivity contribution is 0.0366. The van der Waals surface area contributed by atoms with Gasteiger partial charge in [0.15, 0.2) is 0 Å². The lowest BCUT2D eigenvalue weighted by atomic mass is 9.75. The highest BCUT2D eigenvalue weighted by molar-refractivity contribution is 4.84. The van der Waals surface area contributed by atoms with Gasteiger partial charge in [-0.2, -0.15) is 0 Å². The maximum Gasteiger partial charge on any atom is 0.0513 e. The van der Waals surface area contributed by atoms with E-state index < -0.39 is 0 Å². The second-order valence-electron chi connectivity index (χ2n) is 8.34. The minimum Gasteiger partial charge on any atom is -0.384 e. The van der Waals surface area contributed by atoms with Crippen LogP contribution in [0.1, 0.15) is 48.0 Å². The normalized spacial score (nSPS) is 19.8. The van der Waals surface area contributed by atoms with Crippen molar-refractivity contribution in [1.82, 2.24) is 9.80 Å². The van der Waals surface area contributed by atoms with Crippen LogP contribution in [0.5, 0.6) is 0 Å². The molecule has 3 nitrogen and oxygen atoms in total. The molecule has 1 rings (SSSR count). The second-order valence-corrected chi connectivity index (χ2v) is 8.34. The second kappa shape index (κ2) is 7.24. The van der Waals surface area contributed by atoms with Crippen molar-refractivity contribution in [3.63, 3.8) is 0 Å². The molecule has 1 aliphatic rings. The van der Waals surface area contributed by atoms with Crippen LogP contribution in [0, 0.1) is 10.8 Å². The van der Waals surface area contributed by atoms with Crippen molar-refractivity contribution in [2.75, 3.05) is 46.4 Å². The number of rotatable bonds is 7. The van der Waals surface area contributed by atoms with Gasteiger partial charge in [0.2, 0.25) is 0 Å². The summed E-state index contributed by atoms with van der Waals surface area (Å²) < 4.78 is 5.36. The molecular formula is C17H36N2O. The largest absolute Gasteiger partial charge is 0.384 e. The molecule has 0 amide bonds. The van der Waals surface area contributed by atoms with E-state index in [1.54, 1.807) is 7.11 Å². The van der Waals surface area contributed by atoms with Gasteiger partial charge in [-0.1, -0.05) is 27.7 Å². The Hall–Kier alpha value is -0.120. The van der Waals surface area contributed by atoms with Crippen molar-refractivity contribution in [2.24, 2.45) is 10.8 Å². The van der Waals surface area contributed by atoms with Crippen LogP contribution in [0.3, 0.4) is 0 Å². The molecule has 1 saturated heterocycles. The summed E-state index contributed by atoms with van der Waals surface area (Å²) in [6, 6.07) is 0.686. The highest BCUT2D eigenvalue weighted by Crippen LogP contribution is 2.34. The summed E-state index contributed by atoms with van der Waals surface area (Å²) >= 11 is 0. The summed E-state index contributed by atoms with van der Waals surface area (Å²) in [6.07, 6.45) is 1.21. The van der Waals surface area contributed by atoms with Gasteiger partial charge in [-0.05, 0) is 31.1 Å². The van der Waals surface area contributed by atoms with Gasteiger partial charge >= 0.3 is 0 Å². The summed E-state index contributed by atoms with van der Waals surface area (Å²) in [7, 11) is 1.81. The molecule has 0 aromatic rings. The van der Waals surface area contributed by atoms with Crippen molar-refractivity contribution >= 4 is 0 Å². The zero-order valence-electron chi connectivity index (χ0n) is 14.8. The molecule has 1 fully saturated rings. The molecule has 0 spiro atoms. The van der Waals surface area contributed by atoms with E-state index in [2.05, 4.69) is 51.3 Å². The lowest BCUT2D eigenvalue weighted by Crippen LogP contribution is -2.51. The van der Waals surface area contributed by atoms with Gasteiger partial charge in [-0.15, -0.1) is 0 Å². The number of methoxy groups -OCH3 is 1. The molecule has 120 valence electrons. The Kier molecular flexibility index (Phi) is 6.49. The predicted octanol–water partition coefficient (Wildman–Crippen LogP) is 3.10. The summed E-state index contributed by atoms with van der Waals surface area (Å²) in [4.78, 5) is 5.22. The fourth-order valence-electron chi connectivity index (χ4n) is 3.84. The Morgan fingerprint density at radius 2 is 1.50 bits per heavy atom. The monoisotopic (exact) mass is 284 g/mol. The third-order valence-electron chi connectivity index (χ3n) is 4.28. The molecule has 1 aliphatic heterocycles. The van der Waals surface area contributed by atoms with Crippen LogP contribution >= 0.6 is 0 Å². The standard InChI is InChI=1S/C17H36N2O/c1-15(2)19-10-8-18(9-11-19)13-16(3,4)12-17(5,6)14-20-7/h15H,8-14H2,1-7H3. The number of ether oxygens (including phenoxy) is 1. The molecule has 1 heterocycles. The minimum absolute atomic E-state index is 0.262. The Morgan fingerprint density at radius 3 is 1.95 bits per heavy atom. The van der Waals surface area contributed by atoms with E-state index in [9.17, 15) is 0 Å². The molecule has 0 bridgehead atoms. The molecule has 3 heteroatoms. The van der Waals surface area contributed by atoms with Crippen LogP contribution in [0.15, 0.2) is 0 Å². The molecule has 0 aromatic heterocycles. The zero-order valence-corrected chi connectivity index (χ0v) is 14.8. The maximum absolute atomic E-state index is 5.36. The van der Waals surface area contributed by atoms with Crippen LogP contribution in [0.25, 0.3) is 0 Å². The molecule has 0 aliphatic carbocycles. The van der Waals surface area contributed by atoms with Crippen molar-refractivity contribution in [2.45, 2.75) is 54.0 Å². The first-order valence-corrected chi connectivity index (χ1v) is 8.11. The quantitative estimate of drug-likeness (QED) is 0.714. The number of hydrogen-bond donors (Lipinski definition) is 0. The topological polar surface area (TPSA) is 15.7 Å². The van der Waals surface area contributed by atoms with E-state index in [1.165, 1.54) is 39.1 Å². The molecule has 0 saturated carbocycles. The van der Waals surface area contributed by atoms with Crippen molar-refractivity contribution in [3.05, 3.63) is 0 Å². The molecule has 0 radical (unpaired) electrons. The van der Waals surface area contributed by atoms with Gasteiger partial charge in [0, 0.05) is 45.9 Å². The van der Waals surface area contributed by atoms with E-state index in [4.69, 9.17) is 4.74 Å². The number of nitrogens with zero attached hydrogens (tertiary/aromatic N) is 2. The highest BCUT2D eigenvalue weighted by atomic mass is 16.5. The molecule has 0 aromatic carbocycles. The summed E-state index contributed by atoms with van der Waals surface area (Å²) in [6.45, 7) is 20.9. The van der Waals surface area contributed by atoms with E-state index >= 15 is 0 Å². The number of piperazine rings is 1. The molecule has 0 N–H and O–H groups in total. The fraction of sp³-hybridized carbons (Fsp3) is 1.00. The average molecular weight is 284 g/mol. The van der Waals surface area contributed by atoms with Crippen molar-refractivity contribution < 1.29 is 4.74 Å². The van der Waals surface area contributed by atoms with Crippen LogP contribution in [-0.4, -0.2) is 62.3 Å². The van der Waals surface area contributed by atoms with Crippen molar-refractivity contribution in [3.8, 4) is 0 Å². The van der Waals surface area contributed by atoms with Gasteiger partial charge in [-0.25, -0.2) is 0 Å². The predicted molar refractivity (Wildman–Crippen MR) is 87.2 cm³/mol. The van der Waals surface area contributed by atoms with E-state index in [1.807, 2.05) is 0 Å². The SMILES string of the molecule is COCC(C)(C)CC(C)(C)CN1CCN(C(C)C)CC1. The third kappa shape index (κ3) is 6.11. The van der Waals surface area contributed by atoms with Crippen LogP contribution in [-0.2, 0) is 4.74 Å². The first kappa shape index (κ1) is 17.9. The third-order valence-corrected chi connectivity index (χ3v) is 4.28. The van der Waals surface area contributed by atoms with Gasteiger partial charge in [-0.3, -0.25) is 4.90 Å².